The Balaban J connectivity index is 3.50. The molecule has 0 saturated heterocycles. The molecule has 2 nitrogen and oxygen atoms in total. The molecule has 0 rings (SSSR count). The number of nitrogens with one attached hydrogen (secondary N) is 1. The predicted octanol–water partition coefficient (Wildman–Crippen LogP) is 1.51. The van der Waals surface area contributed by atoms with E-state index >= 15 is 0 Å². The summed E-state index contributed by atoms with van der Waals surface area (Å²) in [4.78, 5) is 10.8. The second-order valence-electron chi connectivity index (χ2n) is 2.39. The van der Waals surface area contributed by atoms with Crippen LogP contribution in [0, 0.1) is 5.92 Å². The van der Waals surface area contributed by atoms with E-state index in [2.05, 4.69) is 11.9 Å². The maximum Gasteiger partial charge on any atom is 0.222 e. The highest BCUT2D eigenvalue weighted by atomic mass is 35.5. The average molecular weight is 162 g/mol. The van der Waals surface area contributed by atoms with E-state index < -0.39 is 0 Å². The molecule has 58 valence electrons. The van der Waals surface area contributed by atoms with Gasteiger partial charge >= 0.3 is 0 Å². The second kappa shape index (κ2) is 4.34. The Kier molecular flexibility index (Phi) is 4.12. The minimum atomic E-state index is 0.00167. The molecule has 0 aromatic carbocycles. The van der Waals surface area contributed by atoms with Gasteiger partial charge in [-0.05, 0) is 0 Å². The standard InChI is InChI=1S/C7H12ClNO/c1-5(2)7(10)9-4-6(3)8/h5H,3-4H2,1-2H3,(H,9,10). The van der Waals surface area contributed by atoms with Crippen molar-refractivity contribution in [3.05, 3.63) is 11.6 Å². The van der Waals surface area contributed by atoms with Crippen LogP contribution in [0.25, 0.3) is 0 Å². The summed E-state index contributed by atoms with van der Waals surface area (Å²) in [6.45, 7) is 7.45. The summed E-state index contributed by atoms with van der Waals surface area (Å²) >= 11 is 5.42. The minimum Gasteiger partial charge on any atom is -0.351 e. The molecule has 0 radical (unpaired) electrons. The topological polar surface area (TPSA) is 29.1 Å². The number of carbonyl (C=O) groups is 1. The SMILES string of the molecule is C=C(Cl)CNC(=O)C(C)C. The van der Waals surface area contributed by atoms with Crippen LogP contribution in [-0.2, 0) is 4.79 Å². The Hall–Kier alpha value is -0.500. The first-order valence-electron chi connectivity index (χ1n) is 3.15. The molecule has 10 heavy (non-hydrogen) atoms. The summed E-state index contributed by atoms with van der Waals surface area (Å²) in [5.41, 5.74) is 0. The van der Waals surface area contributed by atoms with Crippen molar-refractivity contribution in [3.63, 3.8) is 0 Å². The highest BCUT2D eigenvalue weighted by Crippen LogP contribution is 1.95. The molecule has 0 aliphatic heterocycles. The molecule has 0 aliphatic carbocycles. The number of amides is 1. The summed E-state index contributed by atoms with van der Waals surface area (Å²) in [5.74, 6) is 0.0119. The Morgan fingerprint density at radius 3 is 2.50 bits per heavy atom. The second-order valence-corrected chi connectivity index (χ2v) is 2.92. The van der Waals surface area contributed by atoms with E-state index in [1.807, 2.05) is 13.8 Å². The van der Waals surface area contributed by atoms with E-state index in [4.69, 9.17) is 11.6 Å². The number of halogens is 1. The molecule has 0 aromatic rings. The van der Waals surface area contributed by atoms with Crippen molar-refractivity contribution >= 4 is 17.5 Å². The third kappa shape index (κ3) is 4.39. The molecular weight excluding hydrogens is 150 g/mol. The molecule has 0 unspecified atom stereocenters. The number of rotatable bonds is 3. The van der Waals surface area contributed by atoms with Gasteiger partial charge < -0.3 is 5.32 Å². The first-order chi connectivity index (χ1) is 4.54. The van der Waals surface area contributed by atoms with Crippen LogP contribution in [0.1, 0.15) is 13.8 Å². The fourth-order valence-electron chi connectivity index (χ4n) is 0.387. The average Bonchev–Trinajstić information content (AvgIpc) is 1.82. The van der Waals surface area contributed by atoms with Gasteiger partial charge in [-0.1, -0.05) is 32.0 Å². The molecule has 0 fully saturated rings. The van der Waals surface area contributed by atoms with Crippen molar-refractivity contribution < 1.29 is 4.79 Å². The van der Waals surface area contributed by atoms with Gasteiger partial charge in [0.05, 0.1) is 6.54 Å². The molecule has 1 amide bonds. The van der Waals surface area contributed by atoms with E-state index in [1.54, 1.807) is 0 Å². The lowest BCUT2D eigenvalue weighted by Gasteiger charge is -2.05. The van der Waals surface area contributed by atoms with Gasteiger partial charge in [-0.15, -0.1) is 0 Å². The summed E-state index contributed by atoms with van der Waals surface area (Å²) in [7, 11) is 0. The van der Waals surface area contributed by atoms with E-state index in [9.17, 15) is 4.79 Å². The normalized spacial score (nSPS) is 9.60. The zero-order valence-electron chi connectivity index (χ0n) is 6.28. The van der Waals surface area contributed by atoms with Gasteiger partial charge in [-0.2, -0.15) is 0 Å². The van der Waals surface area contributed by atoms with Crippen molar-refractivity contribution in [2.24, 2.45) is 5.92 Å². The molecule has 0 atom stereocenters. The minimum absolute atomic E-state index is 0.00167. The predicted molar refractivity (Wildman–Crippen MR) is 42.8 cm³/mol. The lowest BCUT2D eigenvalue weighted by atomic mass is 10.2. The van der Waals surface area contributed by atoms with E-state index in [0.717, 1.165) is 0 Å². The van der Waals surface area contributed by atoms with E-state index in [-0.39, 0.29) is 11.8 Å². The number of carbonyl (C=O) groups excluding carboxylic acids is 1. The van der Waals surface area contributed by atoms with E-state index in [1.165, 1.54) is 0 Å². The first kappa shape index (κ1) is 9.50. The summed E-state index contributed by atoms with van der Waals surface area (Å²) in [5, 5.41) is 3.06. The number of hydrogen-bond acceptors (Lipinski definition) is 1. The molecule has 0 aromatic heterocycles. The summed E-state index contributed by atoms with van der Waals surface area (Å²) in [6.07, 6.45) is 0. The van der Waals surface area contributed by atoms with Gasteiger partial charge in [0, 0.05) is 11.0 Å². The third-order valence-corrected chi connectivity index (χ3v) is 1.11. The maximum absolute atomic E-state index is 10.8. The van der Waals surface area contributed by atoms with Crippen LogP contribution in [0.4, 0.5) is 0 Å². The first-order valence-corrected chi connectivity index (χ1v) is 3.53. The largest absolute Gasteiger partial charge is 0.351 e. The van der Waals surface area contributed by atoms with Crippen molar-refractivity contribution in [2.45, 2.75) is 13.8 Å². The number of hydrogen-bond donors (Lipinski definition) is 1. The molecule has 3 heteroatoms. The lowest BCUT2D eigenvalue weighted by molar-refractivity contribution is -0.123. The highest BCUT2D eigenvalue weighted by Gasteiger charge is 2.04. The molecule has 0 heterocycles. The highest BCUT2D eigenvalue weighted by molar-refractivity contribution is 6.29. The van der Waals surface area contributed by atoms with Crippen LogP contribution in [0.15, 0.2) is 11.6 Å². The molecule has 0 spiro atoms. The molecule has 0 bridgehead atoms. The van der Waals surface area contributed by atoms with Crippen LogP contribution in [0.3, 0.4) is 0 Å². The van der Waals surface area contributed by atoms with Gasteiger partial charge in [0.1, 0.15) is 0 Å². The quantitative estimate of drug-likeness (QED) is 0.668. The summed E-state index contributed by atoms with van der Waals surface area (Å²) < 4.78 is 0. The lowest BCUT2D eigenvalue weighted by Crippen LogP contribution is -2.28. The van der Waals surface area contributed by atoms with Gasteiger partial charge in [0.15, 0.2) is 0 Å². The molecular formula is C7H12ClNO. The van der Waals surface area contributed by atoms with Crippen molar-refractivity contribution in [1.82, 2.24) is 5.32 Å². The maximum atomic E-state index is 10.8. The Bertz CT molecular complexity index is 143. The van der Waals surface area contributed by atoms with Crippen LogP contribution in [0.2, 0.25) is 0 Å². The van der Waals surface area contributed by atoms with Crippen molar-refractivity contribution in [2.75, 3.05) is 6.54 Å². The fourth-order valence-corrected chi connectivity index (χ4v) is 0.454. The van der Waals surface area contributed by atoms with Gasteiger partial charge in [-0.25, -0.2) is 0 Å². The Labute approximate surface area is 66.3 Å². The van der Waals surface area contributed by atoms with E-state index in [0.29, 0.717) is 11.6 Å². The zero-order chi connectivity index (χ0) is 8.15. The fraction of sp³-hybridized carbons (Fsp3) is 0.571. The molecule has 1 N–H and O–H groups in total. The van der Waals surface area contributed by atoms with Gasteiger partial charge in [0.2, 0.25) is 5.91 Å². The van der Waals surface area contributed by atoms with Crippen LogP contribution >= 0.6 is 11.6 Å². The van der Waals surface area contributed by atoms with Crippen molar-refractivity contribution in [3.8, 4) is 0 Å². The van der Waals surface area contributed by atoms with Crippen LogP contribution < -0.4 is 5.32 Å². The third-order valence-electron chi connectivity index (χ3n) is 0.979. The zero-order valence-corrected chi connectivity index (χ0v) is 7.03. The Morgan fingerprint density at radius 2 is 2.20 bits per heavy atom. The summed E-state index contributed by atoms with van der Waals surface area (Å²) in [6, 6.07) is 0. The van der Waals surface area contributed by atoms with Crippen LogP contribution in [-0.4, -0.2) is 12.5 Å². The van der Waals surface area contributed by atoms with Gasteiger partial charge in [-0.3, -0.25) is 4.79 Å². The monoisotopic (exact) mass is 161 g/mol. The van der Waals surface area contributed by atoms with Gasteiger partial charge in [0.25, 0.3) is 0 Å². The Morgan fingerprint density at radius 1 is 1.70 bits per heavy atom. The molecule has 0 saturated carbocycles. The van der Waals surface area contributed by atoms with Crippen molar-refractivity contribution in [1.29, 1.82) is 0 Å². The van der Waals surface area contributed by atoms with Crippen LogP contribution in [0.5, 0.6) is 0 Å². The molecule has 0 aliphatic rings. The smallest absolute Gasteiger partial charge is 0.222 e.